The summed E-state index contributed by atoms with van der Waals surface area (Å²) in [7, 11) is 0. The molecule has 19 heavy (non-hydrogen) atoms. The molecule has 0 radical (unpaired) electrons. The fraction of sp³-hybridized carbons (Fsp3) is 0.214. The zero-order valence-electron chi connectivity index (χ0n) is 10.7. The largest absolute Gasteiger partial charge is 0.271 e. The maximum atomic E-state index is 5.73. The van der Waals surface area contributed by atoms with Crippen molar-refractivity contribution in [3.8, 4) is 0 Å². The number of nitrogens with zero attached hydrogens (tertiary/aromatic N) is 1. The molecule has 0 aliphatic carbocycles. The van der Waals surface area contributed by atoms with E-state index in [9.17, 15) is 0 Å². The molecule has 3 N–H and O–H groups in total. The maximum Gasteiger partial charge on any atom is 0.0895 e. The summed E-state index contributed by atoms with van der Waals surface area (Å²) in [4.78, 5) is 4.45. The van der Waals surface area contributed by atoms with E-state index in [2.05, 4.69) is 74.3 Å². The predicted molar refractivity (Wildman–Crippen MR) is 84.7 cm³/mol. The molecule has 1 aromatic heterocycles. The number of hydrazine groups is 1. The fourth-order valence-electron chi connectivity index (χ4n) is 2.10. The van der Waals surface area contributed by atoms with Gasteiger partial charge in [0.1, 0.15) is 0 Å². The quantitative estimate of drug-likeness (QED) is 0.625. The second-order valence-corrected chi connectivity index (χ2v) is 6.25. The first kappa shape index (κ1) is 14.7. The number of benzene rings is 1. The van der Waals surface area contributed by atoms with Gasteiger partial charge in [0.25, 0.3) is 0 Å². The summed E-state index contributed by atoms with van der Waals surface area (Å²) in [6.07, 6.45) is 1.77. The highest BCUT2D eigenvalue weighted by molar-refractivity contribution is 9.11. The van der Waals surface area contributed by atoms with Gasteiger partial charge >= 0.3 is 0 Å². The summed E-state index contributed by atoms with van der Waals surface area (Å²) in [5, 5.41) is 0. The van der Waals surface area contributed by atoms with Crippen LogP contribution in [0, 0.1) is 13.8 Å². The Kier molecular flexibility index (Phi) is 4.73. The van der Waals surface area contributed by atoms with Crippen LogP contribution in [0.4, 0.5) is 0 Å². The van der Waals surface area contributed by atoms with Gasteiger partial charge in [0.05, 0.1) is 11.7 Å². The van der Waals surface area contributed by atoms with Crippen LogP contribution in [0.25, 0.3) is 0 Å². The number of aromatic nitrogens is 1. The zero-order chi connectivity index (χ0) is 14.0. The lowest BCUT2D eigenvalue weighted by Gasteiger charge is -2.19. The van der Waals surface area contributed by atoms with Gasteiger partial charge in [0.2, 0.25) is 0 Å². The Morgan fingerprint density at radius 3 is 2.53 bits per heavy atom. The van der Waals surface area contributed by atoms with Crippen LogP contribution in [0.3, 0.4) is 0 Å². The van der Waals surface area contributed by atoms with E-state index >= 15 is 0 Å². The van der Waals surface area contributed by atoms with Crippen LogP contribution in [0.2, 0.25) is 0 Å². The summed E-state index contributed by atoms with van der Waals surface area (Å²) in [6.45, 7) is 4.16. The molecule has 0 fully saturated rings. The van der Waals surface area contributed by atoms with Crippen molar-refractivity contribution >= 4 is 31.9 Å². The van der Waals surface area contributed by atoms with Crippen LogP contribution < -0.4 is 11.3 Å². The average Bonchev–Trinajstić information content (AvgIpc) is 2.34. The Morgan fingerprint density at radius 1 is 1.21 bits per heavy atom. The topological polar surface area (TPSA) is 50.9 Å². The van der Waals surface area contributed by atoms with E-state index in [0.717, 1.165) is 20.2 Å². The zero-order valence-corrected chi connectivity index (χ0v) is 13.9. The lowest BCUT2D eigenvalue weighted by atomic mass is 9.97. The van der Waals surface area contributed by atoms with E-state index in [1.54, 1.807) is 6.20 Å². The minimum Gasteiger partial charge on any atom is -0.271 e. The van der Waals surface area contributed by atoms with E-state index in [4.69, 9.17) is 5.84 Å². The highest BCUT2D eigenvalue weighted by atomic mass is 79.9. The fourth-order valence-corrected chi connectivity index (χ4v) is 3.32. The molecule has 1 atom stereocenters. The summed E-state index contributed by atoms with van der Waals surface area (Å²) in [6, 6.07) is 8.15. The monoisotopic (exact) mass is 383 g/mol. The molecule has 0 amide bonds. The molecule has 0 aliphatic heterocycles. The van der Waals surface area contributed by atoms with Gasteiger partial charge in [-0.15, -0.1) is 0 Å². The van der Waals surface area contributed by atoms with E-state index in [1.165, 1.54) is 11.1 Å². The Morgan fingerprint density at radius 2 is 1.95 bits per heavy atom. The number of hydrogen-bond acceptors (Lipinski definition) is 3. The van der Waals surface area contributed by atoms with Crippen molar-refractivity contribution in [1.82, 2.24) is 10.4 Å². The van der Waals surface area contributed by atoms with Gasteiger partial charge in [0, 0.05) is 15.1 Å². The second-order valence-electron chi connectivity index (χ2n) is 4.48. The molecule has 5 heteroatoms. The van der Waals surface area contributed by atoms with Crippen molar-refractivity contribution in [2.75, 3.05) is 0 Å². The molecule has 0 saturated carbocycles. The van der Waals surface area contributed by atoms with Crippen LogP contribution in [0.1, 0.15) is 28.4 Å². The summed E-state index contributed by atoms with van der Waals surface area (Å²) in [5.74, 6) is 5.73. The number of rotatable bonds is 3. The van der Waals surface area contributed by atoms with E-state index in [-0.39, 0.29) is 6.04 Å². The molecule has 2 rings (SSSR count). The summed E-state index contributed by atoms with van der Waals surface area (Å²) in [5.41, 5.74) is 7.28. The van der Waals surface area contributed by atoms with Crippen molar-refractivity contribution in [3.63, 3.8) is 0 Å². The Hall–Kier alpha value is -0.750. The molecule has 1 aromatic carbocycles. The van der Waals surface area contributed by atoms with Crippen LogP contribution in [-0.2, 0) is 0 Å². The van der Waals surface area contributed by atoms with E-state index < -0.39 is 0 Å². The SMILES string of the molecule is Cc1ccc(C(NN)c2ncc(Br)cc2Br)c(C)c1. The van der Waals surface area contributed by atoms with Crippen LogP contribution in [0.15, 0.2) is 39.4 Å². The number of nitrogens with two attached hydrogens (primary N) is 1. The van der Waals surface area contributed by atoms with Gasteiger partial charge < -0.3 is 0 Å². The molecule has 1 heterocycles. The minimum atomic E-state index is -0.136. The van der Waals surface area contributed by atoms with Gasteiger partial charge in [-0.05, 0) is 62.9 Å². The second kappa shape index (κ2) is 6.13. The highest BCUT2D eigenvalue weighted by Gasteiger charge is 2.18. The predicted octanol–water partition coefficient (Wildman–Crippen LogP) is 3.78. The van der Waals surface area contributed by atoms with Gasteiger partial charge in [-0.25, -0.2) is 5.43 Å². The van der Waals surface area contributed by atoms with Crippen molar-refractivity contribution in [2.45, 2.75) is 19.9 Å². The standard InChI is InChI=1S/C14H15Br2N3/c1-8-3-4-11(9(2)5-8)13(19-17)14-12(16)6-10(15)7-18-14/h3-7,13,19H,17H2,1-2H3. The van der Waals surface area contributed by atoms with Gasteiger partial charge in [-0.1, -0.05) is 23.8 Å². The molecule has 0 spiro atoms. The van der Waals surface area contributed by atoms with E-state index in [1.807, 2.05) is 6.07 Å². The Labute approximate surface area is 129 Å². The molecule has 0 saturated heterocycles. The van der Waals surface area contributed by atoms with Crippen LogP contribution in [-0.4, -0.2) is 4.98 Å². The smallest absolute Gasteiger partial charge is 0.0895 e. The molecule has 1 unspecified atom stereocenters. The maximum absolute atomic E-state index is 5.73. The first-order valence-electron chi connectivity index (χ1n) is 5.87. The number of hydrogen-bond donors (Lipinski definition) is 2. The number of nitrogens with one attached hydrogen (secondary N) is 1. The van der Waals surface area contributed by atoms with E-state index in [0.29, 0.717) is 0 Å². The lowest BCUT2D eigenvalue weighted by Crippen LogP contribution is -2.30. The third-order valence-electron chi connectivity index (χ3n) is 3.01. The van der Waals surface area contributed by atoms with Crippen molar-refractivity contribution < 1.29 is 0 Å². The van der Waals surface area contributed by atoms with Crippen LogP contribution >= 0.6 is 31.9 Å². The Balaban J connectivity index is 2.50. The molecular weight excluding hydrogens is 370 g/mol. The van der Waals surface area contributed by atoms with Crippen LogP contribution in [0.5, 0.6) is 0 Å². The molecule has 2 aromatic rings. The van der Waals surface area contributed by atoms with Gasteiger partial charge in [-0.3, -0.25) is 10.8 Å². The number of aryl methyl sites for hydroxylation is 2. The molecule has 0 aliphatic rings. The first-order valence-corrected chi connectivity index (χ1v) is 7.45. The number of halogens is 2. The van der Waals surface area contributed by atoms with Gasteiger partial charge in [-0.2, -0.15) is 0 Å². The first-order chi connectivity index (χ1) is 9.02. The van der Waals surface area contributed by atoms with Crippen molar-refractivity contribution in [3.05, 3.63) is 61.8 Å². The summed E-state index contributed by atoms with van der Waals surface area (Å²) < 4.78 is 1.85. The third-order valence-corrected chi connectivity index (χ3v) is 4.08. The number of pyridine rings is 1. The molecule has 0 bridgehead atoms. The Bertz CT molecular complexity index is 548. The lowest BCUT2D eigenvalue weighted by molar-refractivity contribution is 0.614. The molecule has 3 nitrogen and oxygen atoms in total. The summed E-state index contributed by atoms with van der Waals surface area (Å²) >= 11 is 6.94. The minimum absolute atomic E-state index is 0.136. The molecular formula is C14H15Br2N3. The normalized spacial score (nSPS) is 12.5. The van der Waals surface area contributed by atoms with Crippen molar-refractivity contribution in [2.24, 2.45) is 5.84 Å². The van der Waals surface area contributed by atoms with Crippen molar-refractivity contribution in [1.29, 1.82) is 0 Å². The highest BCUT2D eigenvalue weighted by Crippen LogP contribution is 2.30. The third kappa shape index (κ3) is 3.23. The van der Waals surface area contributed by atoms with Gasteiger partial charge in [0.15, 0.2) is 0 Å². The average molecular weight is 385 g/mol. The molecule has 100 valence electrons.